The maximum Gasteiger partial charge on any atom is 0.251 e. The lowest BCUT2D eigenvalue weighted by atomic mass is 10.2. The summed E-state index contributed by atoms with van der Waals surface area (Å²) in [6.45, 7) is 3.84. The van der Waals surface area contributed by atoms with E-state index in [-0.39, 0.29) is 17.8 Å². The molecule has 0 aliphatic carbocycles. The molecule has 0 saturated carbocycles. The number of amides is 1. The highest BCUT2D eigenvalue weighted by Crippen LogP contribution is 2.19. The maximum atomic E-state index is 12.7. The molecule has 1 amide bonds. The highest BCUT2D eigenvalue weighted by atomic mass is 32.1. The molecule has 3 nitrogen and oxygen atoms in total. The van der Waals surface area contributed by atoms with Gasteiger partial charge in [0.25, 0.3) is 5.91 Å². The summed E-state index contributed by atoms with van der Waals surface area (Å²) in [7, 11) is 0. The quantitative estimate of drug-likeness (QED) is 0.925. The van der Waals surface area contributed by atoms with Crippen molar-refractivity contribution in [2.75, 3.05) is 0 Å². The molecular formula is C13H13FN2OS. The van der Waals surface area contributed by atoms with Gasteiger partial charge in [0.05, 0.1) is 6.04 Å². The van der Waals surface area contributed by atoms with Crippen molar-refractivity contribution in [3.05, 3.63) is 51.7 Å². The van der Waals surface area contributed by atoms with Gasteiger partial charge in [-0.05, 0) is 38.1 Å². The number of nitrogens with zero attached hydrogens (tertiary/aromatic N) is 1. The average Bonchev–Trinajstić information content (AvgIpc) is 2.76. The summed E-state index contributed by atoms with van der Waals surface area (Å²) in [5, 5.41) is 3.70. The average molecular weight is 264 g/mol. The number of nitrogens with one attached hydrogen (secondary N) is 1. The maximum absolute atomic E-state index is 12.7. The number of halogens is 1. The second kappa shape index (κ2) is 5.27. The number of thiazole rings is 1. The largest absolute Gasteiger partial charge is 0.343 e. The minimum atomic E-state index is -0.352. The predicted molar refractivity (Wildman–Crippen MR) is 69.1 cm³/mol. The van der Waals surface area contributed by atoms with Gasteiger partial charge in [0.15, 0.2) is 0 Å². The molecule has 0 saturated heterocycles. The Kier molecular flexibility index (Phi) is 3.72. The first-order valence-electron chi connectivity index (χ1n) is 5.55. The standard InChI is InChI=1S/C13H13FN2OS/c1-8-7-15-13(18-8)9(2)16-12(17)10-3-5-11(14)6-4-10/h3-7,9H,1-2H3,(H,16,17). The van der Waals surface area contributed by atoms with E-state index in [1.165, 1.54) is 24.3 Å². The smallest absolute Gasteiger partial charge is 0.251 e. The van der Waals surface area contributed by atoms with Crippen molar-refractivity contribution in [3.8, 4) is 0 Å². The Morgan fingerprint density at radius 3 is 2.61 bits per heavy atom. The van der Waals surface area contributed by atoms with Crippen LogP contribution in [0.2, 0.25) is 0 Å². The Balaban J connectivity index is 2.05. The minimum Gasteiger partial charge on any atom is -0.343 e. The lowest BCUT2D eigenvalue weighted by molar-refractivity contribution is 0.0940. The minimum absolute atomic E-state index is 0.152. The van der Waals surface area contributed by atoms with Crippen molar-refractivity contribution in [1.82, 2.24) is 10.3 Å². The molecular weight excluding hydrogens is 251 g/mol. The third-order valence-electron chi connectivity index (χ3n) is 2.46. The van der Waals surface area contributed by atoms with Gasteiger partial charge in [-0.2, -0.15) is 0 Å². The van der Waals surface area contributed by atoms with E-state index in [1.807, 2.05) is 13.8 Å². The highest BCUT2D eigenvalue weighted by Gasteiger charge is 2.13. The zero-order valence-electron chi connectivity index (χ0n) is 10.1. The number of aromatic nitrogens is 1. The Hall–Kier alpha value is -1.75. The van der Waals surface area contributed by atoms with Crippen molar-refractivity contribution in [3.63, 3.8) is 0 Å². The van der Waals surface area contributed by atoms with E-state index in [2.05, 4.69) is 10.3 Å². The number of rotatable bonds is 3. The van der Waals surface area contributed by atoms with Crippen LogP contribution in [0.25, 0.3) is 0 Å². The number of hydrogen-bond donors (Lipinski definition) is 1. The molecule has 18 heavy (non-hydrogen) atoms. The van der Waals surface area contributed by atoms with Crippen LogP contribution in [-0.4, -0.2) is 10.9 Å². The van der Waals surface area contributed by atoms with Crippen molar-refractivity contribution in [2.24, 2.45) is 0 Å². The lowest BCUT2D eigenvalue weighted by Crippen LogP contribution is -2.26. The van der Waals surface area contributed by atoms with Gasteiger partial charge in [-0.1, -0.05) is 0 Å². The first kappa shape index (κ1) is 12.7. The van der Waals surface area contributed by atoms with Crippen LogP contribution in [0.15, 0.2) is 30.5 Å². The van der Waals surface area contributed by atoms with Crippen molar-refractivity contribution in [1.29, 1.82) is 0 Å². The fourth-order valence-corrected chi connectivity index (χ4v) is 2.29. The van der Waals surface area contributed by atoms with E-state index < -0.39 is 0 Å². The predicted octanol–water partition coefficient (Wildman–Crippen LogP) is 3.08. The molecule has 0 bridgehead atoms. The van der Waals surface area contributed by atoms with Crippen LogP contribution in [0.4, 0.5) is 4.39 Å². The summed E-state index contributed by atoms with van der Waals surface area (Å²) in [5.74, 6) is -0.578. The number of carbonyl (C=O) groups excluding carboxylic acids is 1. The van der Waals surface area contributed by atoms with Gasteiger partial charge in [0, 0.05) is 16.6 Å². The van der Waals surface area contributed by atoms with Gasteiger partial charge in [0.1, 0.15) is 10.8 Å². The molecule has 0 radical (unpaired) electrons. The summed E-state index contributed by atoms with van der Waals surface area (Å²) in [6.07, 6.45) is 1.78. The third kappa shape index (κ3) is 2.92. The third-order valence-corrected chi connectivity index (χ3v) is 3.56. The monoisotopic (exact) mass is 264 g/mol. The Morgan fingerprint density at radius 2 is 2.06 bits per heavy atom. The van der Waals surface area contributed by atoms with Crippen LogP contribution in [0, 0.1) is 12.7 Å². The molecule has 5 heteroatoms. The van der Waals surface area contributed by atoms with Gasteiger partial charge < -0.3 is 5.32 Å². The summed E-state index contributed by atoms with van der Waals surface area (Å²) >= 11 is 1.55. The van der Waals surface area contributed by atoms with Gasteiger partial charge in [-0.15, -0.1) is 11.3 Å². The van der Waals surface area contributed by atoms with Gasteiger partial charge >= 0.3 is 0 Å². The zero-order chi connectivity index (χ0) is 13.1. The van der Waals surface area contributed by atoms with Crippen molar-refractivity contribution < 1.29 is 9.18 Å². The van der Waals surface area contributed by atoms with E-state index in [9.17, 15) is 9.18 Å². The fraction of sp³-hybridized carbons (Fsp3) is 0.231. The molecule has 1 unspecified atom stereocenters. The van der Waals surface area contributed by atoms with Crippen LogP contribution in [-0.2, 0) is 0 Å². The number of carbonyl (C=O) groups is 1. The molecule has 1 heterocycles. The van der Waals surface area contributed by atoms with Gasteiger partial charge in [0.2, 0.25) is 0 Å². The molecule has 0 fully saturated rings. The zero-order valence-corrected chi connectivity index (χ0v) is 10.9. The topological polar surface area (TPSA) is 42.0 Å². The number of benzene rings is 1. The molecule has 0 aliphatic rings. The van der Waals surface area contributed by atoms with E-state index in [4.69, 9.17) is 0 Å². The second-order valence-electron chi connectivity index (χ2n) is 4.01. The van der Waals surface area contributed by atoms with Crippen LogP contribution in [0.5, 0.6) is 0 Å². The molecule has 0 aliphatic heterocycles. The van der Waals surface area contributed by atoms with E-state index >= 15 is 0 Å². The molecule has 2 aromatic rings. The van der Waals surface area contributed by atoms with Gasteiger partial charge in [-0.3, -0.25) is 4.79 Å². The van der Waals surface area contributed by atoms with Crippen molar-refractivity contribution >= 4 is 17.2 Å². The van der Waals surface area contributed by atoms with Gasteiger partial charge in [-0.25, -0.2) is 9.37 Å². The number of aryl methyl sites for hydroxylation is 1. The van der Waals surface area contributed by atoms with E-state index in [1.54, 1.807) is 17.5 Å². The first-order valence-corrected chi connectivity index (χ1v) is 6.36. The van der Waals surface area contributed by atoms with Crippen LogP contribution >= 0.6 is 11.3 Å². The fourth-order valence-electron chi connectivity index (χ4n) is 1.52. The lowest BCUT2D eigenvalue weighted by Gasteiger charge is -2.11. The van der Waals surface area contributed by atoms with Crippen LogP contribution in [0.3, 0.4) is 0 Å². The summed E-state index contributed by atoms with van der Waals surface area (Å²) < 4.78 is 12.7. The Labute approximate surface area is 109 Å². The SMILES string of the molecule is Cc1cnc(C(C)NC(=O)c2ccc(F)cc2)s1. The summed E-state index contributed by atoms with van der Waals surface area (Å²) in [6, 6.07) is 5.32. The summed E-state index contributed by atoms with van der Waals surface area (Å²) in [5.41, 5.74) is 0.441. The molecule has 0 spiro atoms. The molecule has 94 valence electrons. The Morgan fingerprint density at radius 1 is 1.39 bits per heavy atom. The molecule has 1 atom stereocenters. The molecule has 1 aromatic heterocycles. The van der Waals surface area contributed by atoms with Crippen LogP contribution in [0.1, 0.15) is 33.2 Å². The van der Waals surface area contributed by atoms with Crippen molar-refractivity contribution in [2.45, 2.75) is 19.9 Å². The Bertz CT molecular complexity index is 550. The molecule has 1 N–H and O–H groups in total. The van der Waals surface area contributed by atoms with E-state index in [0.717, 1.165) is 9.88 Å². The second-order valence-corrected chi connectivity index (χ2v) is 5.28. The first-order chi connectivity index (χ1) is 8.56. The number of hydrogen-bond acceptors (Lipinski definition) is 3. The normalized spacial score (nSPS) is 12.2. The molecule has 2 rings (SSSR count). The van der Waals surface area contributed by atoms with E-state index in [0.29, 0.717) is 5.56 Å². The summed E-state index contributed by atoms with van der Waals surface area (Å²) in [4.78, 5) is 17.2. The highest BCUT2D eigenvalue weighted by molar-refractivity contribution is 7.11. The van der Waals surface area contributed by atoms with Crippen LogP contribution < -0.4 is 5.32 Å². The molecule has 1 aromatic carbocycles.